The van der Waals surface area contributed by atoms with Gasteiger partial charge in [-0.3, -0.25) is 9.59 Å². The minimum Gasteiger partial charge on any atom is -0.497 e. The first-order chi connectivity index (χ1) is 15.9. The van der Waals surface area contributed by atoms with Gasteiger partial charge in [0, 0.05) is 17.8 Å². The summed E-state index contributed by atoms with van der Waals surface area (Å²) >= 11 is 1.17. The Labute approximate surface area is 194 Å². The van der Waals surface area contributed by atoms with Crippen LogP contribution in [-0.4, -0.2) is 51.2 Å². The number of aliphatic hydroxyl groups excluding tert-OH is 1. The number of anilines is 1. The second-order valence-corrected chi connectivity index (χ2v) is 7.81. The molecule has 0 radical (unpaired) electrons. The van der Waals surface area contributed by atoms with Gasteiger partial charge in [-0.1, -0.05) is 11.8 Å². The number of rotatable bonds is 10. The fourth-order valence-corrected chi connectivity index (χ4v) is 3.81. The summed E-state index contributed by atoms with van der Waals surface area (Å²) < 4.78 is 19.8. The van der Waals surface area contributed by atoms with Crippen LogP contribution in [-0.2, 0) is 11.3 Å². The van der Waals surface area contributed by atoms with Gasteiger partial charge in [0.05, 0.1) is 19.5 Å². The lowest BCUT2D eigenvalue weighted by molar-refractivity contribution is -0.113. The lowest BCUT2D eigenvalue weighted by atomic mass is 10.2. The molecule has 3 rings (SSSR count). The number of halogens is 1. The maximum Gasteiger partial charge on any atom is 0.251 e. The molecule has 0 aliphatic heterocycles. The molecular weight excluding hydrogens is 449 g/mol. The van der Waals surface area contributed by atoms with E-state index in [-0.39, 0.29) is 30.0 Å². The highest BCUT2D eigenvalue weighted by Gasteiger charge is 2.23. The van der Waals surface area contributed by atoms with Crippen LogP contribution in [0.5, 0.6) is 5.75 Å². The average Bonchev–Trinajstić information content (AvgIpc) is 3.25. The first-order valence-electron chi connectivity index (χ1n) is 10.1. The fraction of sp³-hybridized carbons (Fsp3) is 0.273. The van der Waals surface area contributed by atoms with E-state index in [1.54, 1.807) is 28.8 Å². The number of aromatic nitrogens is 3. The van der Waals surface area contributed by atoms with Crippen molar-refractivity contribution in [3.8, 4) is 5.75 Å². The standard InChI is InChI=1S/C22H24FN5O4S/c1-3-28-20(18(12-29)25-21(31)14-4-10-17(32-2)11-5-14)26-27-22(28)33-13-19(30)24-16-8-6-15(23)7-9-16/h4-11,18,29H,3,12-13H2,1-2H3,(H,24,30)(H,25,31)/t18-/m1/s1. The number of hydrogen-bond acceptors (Lipinski definition) is 7. The van der Waals surface area contributed by atoms with E-state index in [2.05, 4.69) is 20.8 Å². The number of thioether (sulfide) groups is 1. The Morgan fingerprint density at radius 1 is 1.15 bits per heavy atom. The summed E-state index contributed by atoms with van der Waals surface area (Å²) in [6.45, 7) is 1.96. The predicted molar refractivity (Wildman–Crippen MR) is 122 cm³/mol. The molecule has 0 fully saturated rings. The summed E-state index contributed by atoms with van der Waals surface area (Å²) in [4.78, 5) is 24.8. The topological polar surface area (TPSA) is 118 Å². The third-order valence-corrected chi connectivity index (χ3v) is 5.64. The van der Waals surface area contributed by atoms with E-state index in [0.717, 1.165) is 0 Å². The minimum absolute atomic E-state index is 0.0531. The summed E-state index contributed by atoms with van der Waals surface area (Å²) in [7, 11) is 1.54. The van der Waals surface area contributed by atoms with Crippen LogP contribution in [0.3, 0.4) is 0 Å². The van der Waals surface area contributed by atoms with E-state index in [1.807, 2.05) is 6.92 Å². The van der Waals surface area contributed by atoms with Gasteiger partial charge >= 0.3 is 0 Å². The number of amides is 2. The van der Waals surface area contributed by atoms with Crippen molar-refractivity contribution in [2.24, 2.45) is 0 Å². The summed E-state index contributed by atoms with van der Waals surface area (Å²) in [5, 5.41) is 24.0. The Morgan fingerprint density at radius 2 is 1.85 bits per heavy atom. The molecule has 0 unspecified atom stereocenters. The number of benzene rings is 2. The maximum absolute atomic E-state index is 13.0. The van der Waals surface area contributed by atoms with Gasteiger partial charge in [-0.2, -0.15) is 0 Å². The quantitative estimate of drug-likeness (QED) is 0.388. The first kappa shape index (κ1) is 24.2. The highest BCUT2D eigenvalue weighted by Crippen LogP contribution is 2.22. The van der Waals surface area contributed by atoms with Crippen LogP contribution >= 0.6 is 11.8 Å². The summed E-state index contributed by atoms with van der Waals surface area (Å²) in [6.07, 6.45) is 0. The number of carbonyl (C=O) groups excluding carboxylic acids is 2. The Hall–Kier alpha value is -3.44. The number of aliphatic hydroxyl groups is 1. The minimum atomic E-state index is -0.783. The smallest absolute Gasteiger partial charge is 0.251 e. The van der Waals surface area contributed by atoms with E-state index in [4.69, 9.17) is 4.74 Å². The second-order valence-electron chi connectivity index (χ2n) is 6.87. The zero-order valence-corrected chi connectivity index (χ0v) is 18.9. The molecular formula is C22H24FN5O4S. The van der Waals surface area contributed by atoms with Crippen molar-refractivity contribution in [2.75, 3.05) is 24.8 Å². The van der Waals surface area contributed by atoms with Gasteiger partial charge in [-0.25, -0.2) is 4.39 Å². The third-order valence-electron chi connectivity index (χ3n) is 4.67. The second kappa shape index (κ2) is 11.4. The van der Waals surface area contributed by atoms with Crippen LogP contribution in [0, 0.1) is 5.82 Å². The fourth-order valence-electron chi connectivity index (χ4n) is 3.00. The molecule has 1 aromatic heterocycles. The van der Waals surface area contributed by atoms with Crippen molar-refractivity contribution in [1.29, 1.82) is 0 Å². The molecule has 0 aliphatic carbocycles. The predicted octanol–water partition coefficient (Wildman–Crippen LogP) is 2.64. The molecule has 9 nitrogen and oxygen atoms in total. The van der Waals surface area contributed by atoms with Crippen LogP contribution in [0.1, 0.15) is 29.1 Å². The average molecular weight is 474 g/mol. The molecule has 1 atom stereocenters. The Bertz CT molecular complexity index is 1090. The Kier molecular flexibility index (Phi) is 8.39. The molecule has 0 bridgehead atoms. The monoisotopic (exact) mass is 473 g/mol. The largest absolute Gasteiger partial charge is 0.497 e. The summed E-state index contributed by atoms with van der Waals surface area (Å²) in [6, 6.07) is 11.3. The number of ether oxygens (including phenoxy) is 1. The van der Waals surface area contributed by atoms with Gasteiger partial charge in [0.15, 0.2) is 11.0 Å². The lowest BCUT2D eigenvalue weighted by Crippen LogP contribution is -2.32. The molecule has 0 saturated carbocycles. The van der Waals surface area contributed by atoms with Crippen LogP contribution in [0.15, 0.2) is 53.7 Å². The number of nitrogens with zero attached hydrogens (tertiary/aromatic N) is 3. The Morgan fingerprint density at radius 3 is 2.45 bits per heavy atom. The number of nitrogens with one attached hydrogen (secondary N) is 2. The lowest BCUT2D eigenvalue weighted by Gasteiger charge is -2.17. The van der Waals surface area contributed by atoms with Crippen molar-refractivity contribution in [3.05, 3.63) is 65.7 Å². The van der Waals surface area contributed by atoms with Crippen molar-refractivity contribution >= 4 is 29.3 Å². The van der Waals surface area contributed by atoms with Crippen LogP contribution in [0.4, 0.5) is 10.1 Å². The highest BCUT2D eigenvalue weighted by molar-refractivity contribution is 7.99. The van der Waals surface area contributed by atoms with Gasteiger partial charge < -0.3 is 25.0 Å². The first-order valence-corrected chi connectivity index (χ1v) is 11.1. The third kappa shape index (κ3) is 6.30. The Balaban J connectivity index is 1.65. The number of carbonyl (C=O) groups is 2. The summed E-state index contributed by atoms with van der Waals surface area (Å²) in [5.74, 6) is 0.00536. The van der Waals surface area contributed by atoms with Gasteiger partial charge in [0.1, 0.15) is 17.6 Å². The van der Waals surface area contributed by atoms with Crippen LogP contribution in [0.25, 0.3) is 0 Å². The molecule has 0 aliphatic rings. The molecule has 33 heavy (non-hydrogen) atoms. The number of hydrogen-bond donors (Lipinski definition) is 3. The molecule has 2 amide bonds. The normalized spacial score (nSPS) is 11.6. The van der Waals surface area contributed by atoms with Gasteiger partial charge in [-0.15, -0.1) is 10.2 Å². The SMILES string of the molecule is CCn1c(SCC(=O)Nc2ccc(F)cc2)nnc1[C@@H](CO)NC(=O)c1ccc(OC)cc1. The molecule has 174 valence electrons. The van der Waals surface area contributed by atoms with E-state index < -0.39 is 6.04 Å². The molecule has 11 heteroatoms. The summed E-state index contributed by atoms with van der Waals surface area (Å²) in [5.41, 5.74) is 0.894. The van der Waals surface area contributed by atoms with Crippen molar-refractivity contribution in [1.82, 2.24) is 20.1 Å². The zero-order chi connectivity index (χ0) is 23.8. The molecule has 0 spiro atoms. The maximum atomic E-state index is 13.0. The number of methoxy groups -OCH3 is 1. The van der Waals surface area contributed by atoms with Crippen molar-refractivity contribution < 1.29 is 23.8 Å². The highest BCUT2D eigenvalue weighted by atomic mass is 32.2. The van der Waals surface area contributed by atoms with Crippen LogP contribution in [0.2, 0.25) is 0 Å². The molecule has 1 heterocycles. The van der Waals surface area contributed by atoms with Crippen LogP contribution < -0.4 is 15.4 Å². The van der Waals surface area contributed by atoms with Crippen molar-refractivity contribution in [3.63, 3.8) is 0 Å². The molecule has 3 aromatic rings. The van der Waals surface area contributed by atoms with Crippen molar-refractivity contribution in [2.45, 2.75) is 24.7 Å². The van der Waals surface area contributed by atoms with Gasteiger partial charge in [-0.05, 0) is 55.5 Å². The zero-order valence-electron chi connectivity index (χ0n) is 18.1. The van der Waals surface area contributed by atoms with Gasteiger partial charge in [0.2, 0.25) is 5.91 Å². The molecule has 2 aromatic carbocycles. The van der Waals surface area contributed by atoms with E-state index >= 15 is 0 Å². The van der Waals surface area contributed by atoms with Gasteiger partial charge in [0.25, 0.3) is 5.91 Å². The molecule has 0 saturated heterocycles. The van der Waals surface area contributed by atoms with E-state index in [1.165, 1.54) is 43.1 Å². The molecule has 3 N–H and O–H groups in total. The van der Waals surface area contributed by atoms with E-state index in [0.29, 0.717) is 34.5 Å². The van der Waals surface area contributed by atoms with E-state index in [9.17, 15) is 19.1 Å².